The number of carboxylic acid groups (broad SMARTS) is 1. The van der Waals surface area contributed by atoms with Gasteiger partial charge in [0.05, 0.1) is 5.01 Å². The number of anilines is 1. The zero-order valence-electron chi connectivity index (χ0n) is 11.0. The van der Waals surface area contributed by atoms with Crippen molar-refractivity contribution in [3.05, 3.63) is 10.7 Å². The molecule has 1 aromatic heterocycles. The summed E-state index contributed by atoms with van der Waals surface area (Å²) < 4.78 is 0. The van der Waals surface area contributed by atoms with Crippen molar-refractivity contribution in [2.75, 3.05) is 5.73 Å². The van der Waals surface area contributed by atoms with E-state index in [0.717, 1.165) is 23.3 Å². The van der Waals surface area contributed by atoms with Crippen molar-refractivity contribution in [3.8, 4) is 0 Å². The second-order valence-electron chi connectivity index (χ2n) is 5.88. The fourth-order valence-corrected chi connectivity index (χ4v) is 4.75. The van der Waals surface area contributed by atoms with Crippen LogP contribution in [0.2, 0.25) is 0 Å². The van der Waals surface area contributed by atoms with E-state index >= 15 is 0 Å². The molecular weight excluding hydrogens is 260 g/mol. The second kappa shape index (κ2) is 5.12. The van der Waals surface area contributed by atoms with E-state index in [0.29, 0.717) is 10.9 Å². The first-order valence-electron chi connectivity index (χ1n) is 7.14. The predicted octanol–water partition coefficient (Wildman–Crippen LogP) is 3.50. The molecule has 104 valence electrons. The molecule has 0 spiro atoms. The van der Waals surface area contributed by atoms with Crippen LogP contribution in [0.5, 0.6) is 0 Å². The topological polar surface area (TPSA) is 76.2 Å². The number of carbonyl (C=O) groups is 1. The van der Waals surface area contributed by atoms with Crippen LogP contribution >= 0.6 is 11.3 Å². The van der Waals surface area contributed by atoms with Crippen LogP contribution < -0.4 is 5.73 Å². The van der Waals surface area contributed by atoms with Gasteiger partial charge in [-0.15, -0.1) is 11.3 Å². The molecule has 3 N–H and O–H groups in total. The minimum Gasteiger partial charge on any atom is -0.476 e. The van der Waals surface area contributed by atoms with Gasteiger partial charge in [0.2, 0.25) is 0 Å². The summed E-state index contributed by atoms with van der Waals surface area (Å²) in [4.78, 5) is 15.3. The van der Waals surface area contributed by atoms with E-state index in [2.05, 4.69) is 4.98 Å². The number of nitrogen functional groups attached to an aromatic ring is 1. The average molecular weight is 280 g/mol. The molecule has 2 aliphatic rings. The van der Waals surface area contributed by atoms with Gasteiger partial charge in [0.15, 0.2) is 5.69 Å². The number of rotatable bonds is 2. The average Bonchev–Trinajstić information content (AvgIpc) is 2.80. The number of fused-ring (bicyclic) bond motifs is 1. The standard InChI is InChI=1S/C14H20N2O2S/c15-12-11(14(17)18)16-13(19-12)10-6-5-8-3-1-2-4-9(8)7-10/h8-10H,1-7,15H2,(H,17,18). The molecule has 2 aliphatic carbocycles. The number of carboxylic acids is 1. The third-order valence-electron chi connectivity index (χ3n) is 4.76. The number of hydrogen-bond acceptors (Lipinski definition) is 4. The quantitative estimate of drug-likeness (QED) is 0.869. The predicted molar refractivity (Wildman–Crippen MR) is 75.5 cm³/mol. The highest BCUT2D eigenvalue weighted by Gasteiger charge is 2.34. The molecule has 5 heteroatoms. The summed E-state index contributed by atoms with van der Waals surface area (Å²) in [5.41, 5.74) is 5.80. The smallest absolute Gasteiger partial charge is 0.357 e. The molecule has 1 heterocycles. The zero-order valence-corrected chi connectivity index (χ0v) is 11.8. The molecular formula is C14H20N2O2S. The molecule has 2 fully saturated rings. The van der Waals surface area contributed by atoms with Crippen LogP contribution in [0, 0.1) is 11.8 Å². The Morgan fingerprint density at radius 1 is 1.21 bits per heavy atom. The summed E-state index contributed by atoms with van der Waals surface area (Å²) in [6.07, 6.45) is 9.07. The number of thiazole rings is 1. The summed E-state index contributed by atoms with van der Waals surface area (Å²) in [7, 11) is 0. The summed E-state index contributed by atoms with van der Waals surface area (Å²) >= 11 is 1.37. The van der Waals surface area contributed by atoms with E-state index < -0.39 is 5.97 Å². The Labute approximate surface area is 117 Å². The van der Waals surface area contributed by atoms with Gasteiger partial charge in [-0.05, 0) is 31.1 Å². The second-order valence-corrected chi connectivity index (χ2v) is 6.95. The van der Waals surface area contributed by atoms with Crippen LogP contribution in [-0.4, -0.2) is 16.1 Å². The molecule has 0 saturated heterocycles. The highest BCUT2D eigenvalue weighted by Crippen LogP contribution is 2.47. The highest BCUT2D eigenvalue weighted by atomic mass is 32.1. The molecule has 2 saturated carbocycles. The van der Waals surface area contributed by atoms with Crippen LogP contribution in [0.1, 0.15) is 66.4 Å². The maximum Gasteiger partial charge on any atom is 0.357 e. The maximum atomic E-state index is 11.0. The van der Waals surface area contributed by atoms with Gasteiger partial charge in [-0.3, -0.25) is 0 Å². The summed E-state index contributed by atoms with van der Waals surface area (Å²) in [5, 5.41) is 10.3. The molecule has 19 heavy (non-hydrogen) atoms. The lowest BCUT2D eigenvalue weighted by Crippen LogP contribution is -2.26. The Morgan fingerprint density at radius 2 is 1.95 bits per heavy atom. The number of aromatic nitrogens is 1. The van der Waals surface area contributed by atoms with Crippen LogP contribution in [-0.2, 0) is 0 Å². The Hall–Kier alpha value is -1.10. The number of nitrogens with two attached hydrogens (primary N) is 1. The zero-order chi connectivity index (χ0) is 13.4. The molecule has 0 aromatic carbocycles. The third kappa shape index (κ3) is 2.48. The fourth-order valence-electron chi connectivity index (χ4n) is 3.77. The summed E-state index contributed by atoms with van der Waals surface area (Å²) in [6.45, 7) is 0. The van der Waals surface area contributed by atoms with Crippen LogP contribution in [0.15, 0.2) is 0 Å². The molecule has 0 radical (unpaired) electrons. The molecule has 0 bridgehead atoms. The largest absolute Gasteiger partial charge is 0.476 e. The summed E-state index contributed by atoms with van der Waals surface area (Å²) in [5.74, 6) is 1.15. The monoisotopic (exact) mass is 280 g/mol. The first-order chi connectivity index (χ1) is 9.15. The first-order valence-corrected chi connectivity index (χ1v) is 7.96. The van der Waals surface area contributed by atoms with Crippen LogP contribution in [0.3, 0.4) is 0 Å². The van der Waals surface area contributed by atoms with Crippen molar-refractivity contribution in [1.29, 1.82) is 0 Å². The van der Waals surface area contributed by atoms with Gasteiger partial charge in [-0.25, -0.2) is 9.78 Å². The molecule has 3 atom stereocenters. The van der Waals surface area contributed by atoms with Crippen molar-refractivity contribution >= 4 is 22.3 Å². The molecule has 0 aliphatic heterocycles. The van der Waals surface area contributed by atoms with Gasteiger partial charge >= 0.3 is 5.97 Å². The van der Waals surface area contributed by atoms with Gasteiger partial charge in [-0.1, -0.05) is 25.7 Å². The normalized spacial score (nSPS) is 30.8. The van der Waals surface area contributed by atoms with Gasteiger partial charge in [0.25, 0.3) is 0 Å². The van der Waals surface area contributed by atoms with Crippen molar-refractivity contribution in [2.24, 2.45) is 11.8 Å². The van der Waals surface area contributed by atoms with Crippen molar-refractivity contribution < 1.29 is 9.90 Å². The lowest BCUT2D eigenvalue weighted by molar-refractivity contribution is 0.0692. The molecule has 0 amide bonds. The van der Waals surface area contributed by atoms with E-state index in [1.165, 1.54) is 49.9 Å². The van der Waals surface area contributed by atoms with Crippen LogP contribution in [0.25, 0.3) is 0 Å². The first kappa shape index (κ1) is 12.9. The van der Waals surface area contributed by atoms with E-state index in [4.69, 9.17) is 10.8 Å². The SMILES string of the molecule is Nc1sc(C2CCC3CCCCC3C2)nc1C(=O)O. The van der Waals surface area contributed by atoms with Crippen LogP contribution in [0.4, 0.5) is 5.00 Å². The molecule has 3 rings (SSSR count). The Morgan fingerprint density at radius 3 is 2.63 bits per heavy atom. The lowest BCUT2D eigenvalue weighted by Gasteiger charge is -2.38. The highest BCUT2D eigenvalue weighted by molar-refractivity contribution is 7.16. The Kier molecular flexibility index (Phi) is 3.48. The number of nitrogens with zero attached hydrogens (tertiary/aromatic N) is 1. The van der Waals surface area contributed by atoms with Gasteiger partial charge in [-0.2, -0.15) is 0 Å². The van der Waals surface area contributed by atoms with Gasteiger partial charge in [0.1, 0.15) is 5.00 Å². The number of aromatic carboxylic acids is 1. The van der Waals surface area contributed by atoms with E-state index in [1.54, 1.807) is 0 Å². The van der Waals surface area contributed by atoms with Gasteiger partial charge < -0.3 is 10.8 Å². The maximum absolute atomic E-state index is 11.0. The molecule has 3 unspecified atom stereocenters. The minimum absolute atomic E-state index is 0.0470. The number of hydrogen-bond donors (Lipinski definition) is 2. The van der Waals surface area contributed by atoms with E-state index in [-0.39, 0.29) is 5.69 Å². The summed E-state index contributed by atoms with van der Waals surface area (Å²) in [6, 6.07) is 0. The van der Waals surface area contributed by atoms with Crippen molar-refractivity contribution in [2.45, 2.75) is 50.9 Å². The Balaban J connectivity index is 1.76. The van der Waals surface area contributed by atoms with E-state index in [1.807, 2.05) is 0 Å². The minimum atomic E-state index is -1.01. The van der Waals surface area contributed by atoms with Crippen molar-refractivity contribution in [1.82, 2.24) is 4.98 Å². The Bertz CT molecular complexity index is 486. The fraction of sp³-hybridized carbons (Fsp3) is 0.714. The van der Waals surface area contributed by atoms with Crippen molar-refractivity contribution in [3.63, 3.8) is 0 Å². The third-order valence-corrected chi connectivity index (χ3v) is 5.81. The lowest BCUT2D eigenvalue weighted by atomic mass is 9.68. The molecule has 1 aromatic rings. The molecule has 4 nitrogen and oxygen atoms in total. The van der Waals surface area contributed by atoms with Gasteiger partial charge in [0, 0.05) is 5.92 Å². The van der Waals surface area contributed by atoms with E-state index in [9.17, 15) is 4.79 Å².